The van der Waals surface area contributed by atoms with E-state index in [9.17, 15) is 4.79 Å². The molecule has 1 unspecified atom stereocenters. The topological polar surface area (TPSA) is 29.5 Å². The van der Waals surface area contributed by atoms with Gasteiger partial charge in [0, 0.05) is 19.8 Å². The van der Waals surface area contributed by atoms with Crippen LogP contribution in [0.15, 0.2) is 24.3 Å². The average Bonchev–Trinajstić information content (AvgIpc) is 2.43. The molecule has 0 fully saturated rings. The van der Waals surface area contributed by atoms with Crippen LogP contribution >= 0.6 is 0 Å². The average molecular weight is 277 g/mol. The van der Waals surface area contributed by atoms with Gasteiger partial charge < -0.3 is 9.64 Å². The van der Waals surface area contributed by atoms with Gasteiger partial charge in [0.2, 0.25) is 0 Å². The highest BCUT2D eigenvalue weighted by molar-refractivity contribution is 5.89. The highest BCUT2D eigenvalue weighted by atomic mass is 16.5. The number of esters is 1. The molecular formula is C17H27NO2. The van der Waals surface area contributed by atoms with E-state index in [1.54, 1.807) is 0 Å². The molecule has 1 aromatic carbocycles. The van der Waals surface area contributed by atoms with Crippen molar-refractivity contribution in [3.05, 3.63) is 29.8 Å². The van der Waals surface area contributed by atoms with Gasteiger partial charge in [0.05, 0.1) is 11.7 Å². The van der Waals surface area contributed by atoms with Crippen LogP contribution in [0.5, 0.6) is 0 Å². The van der Waals surface area contributed by atoms with Crippen LogP contribution < -0.4 is 4.90 Å². The van der Waals surface area contributed by atoms with E-state index < -0.39 is 0 Å². The molecule has 1 rings (SSSR count). The van der Waals surface area contributed by atoms with Gasteiger partial charge in [-0.2, -0.15) is 0 Å². The Bertz CT molecular complexity index is 398. The minimum Gasteiger partial charge on any atom is -0.459 e. The van der Waals surface area contributed by atoms with E-state index in [0.29, 0.717) is 5.56 Å². The number of hydrogen-bond donors (Lipinski definition) is 0. The molecular weight excluding hydrogens is 250 g/mol. The summed E-state index contributed by atoms with van der Waals surface area (Å²) in [5, 5.41) is 0. The smallest absolute Gasteiger partial charge is 0.338 e. The molecule has 0 aliphatic heterocycles. The van der Waals surface area contributed by atoms with Gasteiger partial charge in [0.15, 0.2) is 0 Å². The fraction of sp³-hybridized carbons (Fsp3) is 0.588. The summed E-state index contributed by atoms with van der Waals surface area (Å²) in [6.07, 6.45) is 5.77. The highest BCUT2D eigenvalue weighted by Crippen LogP contribution is 2.15. The lowest BCUT2D eigenvalue weighted by Crippen LogP contribution is -2.15. The van der Waals surface area contributed by atoms with Crippen molar-refractivity contribution in [3.8, 4) is 0 Å². The fourth-order valence-electron chi connectivity index (χ4n) is 2.06. The molecule has 112 valence electrons. The molecule has 0 aliphatic carbocycles. The maximum absolute atomic E-state index is 12.0. The zero-order valence-corrected chi connectivity index (χ0v) is 13.2. The zero-order chi connectivity index (χ0) is 15.0. The minimum absolute atomic E-state index is 0.00659. The SMILES string of the molecule is CCCCCCC(C)OC(=O)c1ccc(N(C)C)cc1. The van der Waals surface area contributed by atoms with Gasteiger partial charge in [0.25, 0.3) is 0 Å². The molecule has 0 radical (unpaired) electrons. The third-order valence-corrected chi connectivity index (χ3v) is 3.39. The second kappa shape index (κ2) is 8.62. The Labute approximate surface area is 122 Å². The van der Waals surface area contributed by atoms with Gasteiger partial charge >= 0.3 is 5.97 Å². The third kappa shape index (κ3) is 5.64. The van der Waals surface area contributed by atoms with Crippen molar-refractivity contribution >= 4 is 11.7 Å². The van der Waals surface area contributed by atoms with Gasteiger partial charge in [-0.1, -0.05) is 26.2 Å². The van der Waals surface area contributed by atoms with Gasteiger partial charge in [-0.15, -0.1) is 0 Å². The Morgan fingerprint density at radius 1 is 1.15 bits per heavy atom. The Kier molecular flexibility index (Phi) is 7.13. The van der Waals surface area contributed by atoms with Gasteiger partial charge in [0.1, 0.15) is 0 Å². The summed E-state index contributed by atoms with van der Waals surface area (Å²) in [5.74, 6) is -0.224. The molecule has 0 saturated carbocycles. The van der Waals surface area contributed by atoms with Crippen LogP contribution in [0.2, 0.25) is 0 Å². The van der Waals surface area contributed by atoms with Crippen molar-refractivity contribution in [2.24, 2.45) is 0 Å². The van der Waals surface area contributed by atoms with Gasteiger partial charge in [-0.3, -0.25) is 0 Å². The molecule has 1 atom stereocenters. The number of carbonyl (C=O) groups excluding carboxylic acids is 1. The van der Waals surface area contributed by atoms with Crippen LogP contribution in [-0.2, 0) is 4.74 Å². The van der Waals surface area contributed by atoms with Crippen molar-refractivity contribution in [1.82, 2.24) is 0 Å². The van der Waals surface area contributed by atoms with Crippen LogP contribution in [-0.4, -0.2) is 26.2 Å². The molecule has 3 heteroatoms. The summed E-state index contributed by atoms with van der Waals surface area (Å²) in [4.78, 5) is 14.0. The molecule has 0 saturated heterocycles. The number of anilines is 1. The standard InChI is InChI=1S/C17H27NO2/c1-5-6-7-8-9-14(2)20-17(19)15-10-12-16(13-11-15)18(3)4/h10-14H,5-9H2,1-4H3. The predicted octanol–water partition coefficient (Wildman–Crippen LogP) is 4.27. The first-order chi connectivity index (χ1) is 9.54. The van der Waals surface area contributed by atoms with Crippen molar-refractivity contribution in [2.75, 3.05) is 19.0 Å². The zero-order valence-electron chi connectivity index (χ0n) is 13.2. The quantitative estimate of drug-likeness (QED) is 0.525. The second-order valence-corrected chi connectivity index (χ2v) is 5.51. The van der Waals surface area contributed by atoms with Crippen LogP contribution in [0.25, 0.3) is 0 Å². The molecule has 0 bridgehead atoms. The Hall–Kier alpha value is -1.51. The Morgan fingerprint density at radius 3 is 2.35 bits per heavy atom. The maximum atomic E-state index is 12.0. The second-order valence-electron chi connectivity index (χ2n) is 5.51. The number of benzene rings is 1. The summed E-state index contributed by atoms with van der Waals surface area (Å²) in [7, 11) is 3.96. The summed E-state index contributed by atoms with van der Waals surface area (Å²) >= 11 is 0. The molecule has 1 aromatic rings. The molecule has 0 spiro atoms. The highest BCUT2D eigenvalue weighted by Gasteiger charge is 2.11. The number of carbonyl (C=O) groups is 1. The van der Waals surface area contributed by atoms with Crippen molar-refractivity contribution < 1.29 is 9.53 Å². The predicted molar refractivity (Wildman–Crippen MR) is 84.4 cm³/mol. The first-order valence-electron chi connectivity index (χ1n) is 7.53. The van der Waals surface area contributed by atoms with E-state index in [1.165, 1.54) is 19.3 Å². The van der Waals surface area contributed by atoms with E-state index in [0.717, 1.165) is 18.5 Å². The summed E-state index contributed by atoms with van der Waals surface area (Å²) in [5.41, 5.74) is 1.70. The molecule has 0 amide bonds. The number of nitrogens with zero attached hydrogens (tertiary/aromatic N) is 1. The lowest BCUT2D eigenvalue weighted by atomic mass is 10.1. The van der Waals surface area contributed by atoms with E-state index in [1.807, 2.05) is 50.2 Å². The molecule has 0 aromatic heterocycles. The monoisotopic (exact) mass is 277 g/mol. The molecule has 20 heavy (non-hydrogen) atoms. The van der Waals surface area contributed by atoms with Gasteiger partial charge in [-0.05, 0) is 44.0 Å². The fourth-order valence-corrected chi connectivity index (χ4v) is 2.06. The summed E-state index contributed by atoms with van der Waals surface area (Å²) in [6.45, 7) is 4.17. The lowest BCUT2D eigenvalue weighted by molar-refractivity contribution is 0.0319. The summed E-state index contributed by atoms with van der Waals surface area (Å²) < 4.78 is 5.46. The maximum Gasteiger partial charge on any atom is 0.338 e. The van der Waals surface area contributed by atoms with Crippen molar-refractivity contribution in [3.63, 3.8) is 0 Å². The minimum atomic E-state index is -0.224. The van der Waals surface area contributed by atoms with E-state index in [2.05, 4.69) is 6.92 Å². The van der Waals surface area contributed by atoms with Crippen LogP contribution in [0, 0.1) is 0 Å². The van der Waals surface area contributed by atoms with Crippen LogP contribution in [0.3, 0.4) is 0 Å². The number of ether oxygens (including phenoxy) is 1. The molecule has 0 N–H and O–H groups in total. The normalized spacial score (nSPS) is 12.0. The Balaban J connectivity index is 2.41. The summed E-state index contributed by atoms with van der Waals surface area (Å²) in [6, 6.07) is 7.51. The Morgan fingerprint density at radius 2 is 1.80 bits per heavy atom. The van der Waals surface area contributed by atoms with Crippen LogP contribution in [0.1, 0.15) is 56.3 Å². The van der Waals surface area contributed by atoms with E-state index >= 15 is 0 Å². The number of hydrogen-bond acceptors (Lipinski definition) is 3. The lowest BCUT2D eigenvalue weighted by Gasteiger charge is -2.15. The molecule has 0 heterocycles. The van der Waals surface area contributed by atoms with Crippen molar-refractivity contribution in [2.45, 2.75) is 52.1 Å². The third-order valence-electron chi connectivity index (χ3n) is 3.39. The first-order valence-corrected chi connectivity index (χ1v) is 7.53. The molecule has 0 aliphatic rings. The number of rotatable bonds is 8. The van der Waals surface area contributed by atoms with E-state index in [4.69, 9.17) is 4.74 Å². The molecule has 3 nitrogen and oxygen atoms in total. The largest absolute Gasteiger partial charge is 0.459 e. The van der Waals surface area contributed by atoms with Crippen LogP contribution in [0.4, 0.5) is 5.69 Å². The number of unbranched alkanes of at least 4 members (excludes halogenated alkanes) is 3. The van der Waals surface area contributed by atoms with Gasteiger partial charge in [-0.25, -0.2) is 4.79 Å². The van der Waals surface area contributed by atoms with E-state index in [-0.39, 0.29) is 12.1 Å². The first kappa shape index (κ1) is 16.5. The van der Waals surface area contributed by atoms with Crippen molar-refractivity contribution in [1.29, 1.82) is 0 Å².